The van der Waals surface area contributed by atoms with Crippen LogP contribution in [-0.2, 0) is 19.5 Å². The summed E-state index contributed by atoms with van der Waals surface area (Å²) in [6.45, 7) is 9.89. The van der Waals surface area contributed by atoms with Crippen LogP contribution in [0.5, 0.6) is 0 Å². The van der Waals surface area contributed by atoms with Crippen LogP contribution in [0, 0.1) is 13.8 Å². The number of hydrogen-bond donors (Lipinski definition) is 0. The van der Waals surface area contributed by atoms with Gasteiger partial charge in [0.2, 0.25) is 0 Å². The molecule has 0 N–H and O–H groups in total. The normalized spacial score (nSPS) is 17.5. The van der Waals surface area contributed by atoms with Gasteiger partial charge in [-0.05, 0) is 61.1 Å². The van der Waals surface area contributed by atoms with Crippen LogP contribution in [0.4, 0.5) is 0 Å². The van der Waals surface area contributed by atoms with E-state index >= 15 is 0 Å². The molecule has 1 aliphatic rings. The fourth-order valence-corrected chi connectivity index (χ4v) is 4.34. The lowest BCUT2D eigenvalue weighted by Crippen LogP contribution is -2.30. The van der Waals surface area contributed by atoms with E-state index in [1.807, 2.05) is 0 Å². The van der Waals surface area contributed by atoms with E-state index in [4.69, 9.17) is 0 Å². The van der Waals surface area contributed by atoms with Gasteiger partial charge in [-0.15, -0.1) is 0 Å². The van der Waals surface area contributed by atoms with Crippen LogP contribution in [0.1, 0.15) is 52.9 Å². The summed E-state index contributed by atoms with van der Waals surface area (Å²) >= 11 is 0. The number of fused-ring (bicyclic) bond motifs is 1. The Kier molecular flexibility index (Phi) is 5.18. The quantitative estimate of drug-likeness (QED) is 0.584. The first-order valence-corrected chi connectivity index (χ1v) is 10.2. The van der Waals surface area contributed by atoms with Crippen molar-refractivity contribution in [2.24, 2.45) is 0 Å². The van der Waals surface area contributed by atoms with E-state index in [0.717, 1.165) is 26.1 Å². The van der Waals surface area contributed by atoms with Crippen LogP contribution in [0.2, 0.25) is 0 Å². The number of benzene rings is 2. The van der Waals surface area contributed by atoms with Crippen molar-refractivity contribution in [2.45, 2.75) is 52.7 Å². The van der Waals surface area contributed by atoms with E-state index < -0.39 is 0 Å². The predicted octanol–water partition coefficient (Wildman–Crippen LogP) is 5.66. The third-order valence-corrected chi connectivity index (χ3v) is 5.90. The molecule has 0 spiro atoms. The third kappa shape index (κ3) is 3.72. The van der Waals surface area contributed by atoms with Gasteiger partial charge in [0.25, 0.3) is 0 Å². The van der Waals surface area contributed by atoms with E-state index in [-0.39, 0.29) is 0 Å². The third-order valence-electron chi connectivity index (χ3n) is 5.90. The average Bonchev–Trinajstić information content (AvgIpc) is 3.06. The highest BCUT2D eigenvalue weighted by Gasteiger charge is 2.28. The van der Waals surface area contributed by atoms with Gasteiger partial charge >= 0.3 is 0 Å². The molecule has 1 atom stereocenters. The van der Waals surface area contributed by atoms with E-state index in [1.54, 1.807) is 0 Å². The van der Waals surface area contributed by atoms with E-state index in [2.05, 4.69) is 91.0 Å². The van der Waals surface area contributed by atoms with Crippen molar-refractivity contribution in [3.8, 4) is 0 Å². The van der Waals surface area contributed by atoms with Gasteiger partial charge in [0.1, 0.15) is 0 Å². The SMILES string of the molecule is CCc1ccc(CN2CCCn3cccc3C2c2cc(C)ccc2C)cc1. The van der Waals surface area contributed by atoms with Gasteiger partial charge in [-0.3, -0.25) is 4.90 Å². The number of rotatable bonds is 4. The summed E-state index contributed by atoms with van der Waals surface area (Å²) in [5.74, 6) is 0. The molecule has 1 unspecified atom stereocenters. The Morgan fingerprint density at radius 3 is 2.48 bits per heavy atom. The van der Waals surface area contributed by atoms with Crippen molar-refractivity contribution in [3.63, 3.8) is 0 Å². The summed E-state index contributed by atoms with van der Waals surface area (Å²) in [7, 11) is 0. The molecule has 2 nitrogen and oxygen atoms in total. The highest BCUT2D eigenvalue weighted by atomic mass is 15.2. The van der Waals surface area contributed by atoms with Crippen molar-refractivity contribution >= 4 is 0 Å². The Hall–Kier alpha value is -2.32. The molecule has 0 saturated heterocycles. The smallest absolute Gasteiger partial charge is 0.0761 e. The monoisotopic (exact) mass is 358 g/mol. The minimum absolute atomic E-state index is 0.313. The lowest BCUT2D eigenvalue weighted by Gasteiger charge is -2.32. The van der Waals surface area contributed by atoms with Gasteiger partial charge in [0, 0.05) is 31.5 Å². The zero-order valence-corrected chi connectivity index (χ0v) is 16.8. The Balaban J connectivity index is 1.74. The molecule has 0 radical (unpaired) electrons. The molecule has 0 bridgehead atoms. The van der Waals surface area contributed by atoms with Crippen molar-refractivity contribution in [2.75, 3.05) is 6.54 Å². The minimum Gasteiger partial charge on any atom is -0.350 e. The van der Waals surface area contributed by atoms with Gasteiger partial charge < -0.3 is 4.57 Å². The molecule has 0 aliphatic carbocycles. The summed E-state index contributed by atoms with van der Waals surface area (Å²) in [4.78, 5) is 2.67. The molecule has 140 valence electrons. The molecule has 3 aromatic rings. The zero-order chi connectivity index (χ0) is 18.8. The maximum atomic E-state index is 2.67. The largest absolute Gasteiger partial charge is 0.350 e. The Bertz CT molecular complexity index is 904. The first kappa shape index (κ1) is 18.1. The lowest BCUT2D eigenvalue weighted by atomic mass is 9.95. The lowest BCUT2D eigenvalue weighted by molar-refractivity contribution is 0.220. The van der Waals surface area contributed by atoms with Crippen LogP contribution in [0.15, 0.2) is 60.8 Å². The minimum atomic E-state index is 0.313. The molecule has 2 heterocycles. The number of hydrogen-bond acceptors (Lipinski definition) is 1. The molecular formula is C25H30N2. The molecule has 1 aromatic heterocycles. The van der Waals surface area contributed by atoms with Crippen molar-refractivity contribution in [3.05, 3.63) is 94.3 Å². The first-order chi connectivity index (χ1) is 13.2. The summed E-state index contributed by atoms with van der Waals surface area (Å²) in [5.41, 5.74) is 8.40. The van der Waals surface area contributed by atoms with Crippen LogP contribution < -0.4 is 0 Å². The second-order valence-corrected chi connectivity index (χ2v) is 7.88. The van der Waals surface area contributed by atoms with Gasteiger partial charge in [-0.1, -0.05) is 55.0 Å². The summed E-state index contributed by atoms with van der Waals surface area (Å²) in [6.07, 6.45) is 4.53. The molecular weight excluding hydrogens is 328 g/mol. The van der Waals surface area contributed by atoms with Crippen LogP contribution in [-0.4, -0.2) is 16.0 Å². The number of nitrogens with zero attached hydrogens (tertiary/aromatic N) is 2. The standard InChI is InChI=1S/C25H30N2/c1-4-21-10-12-22(13-11-21)18-27-16-6-15-26-14-5-7-24(26)25(27)23-17-19(2)8-9-20(23)3/h5,7-14,17,25H,4,6,15-16,18H2,1-3H3. The molecule has 2 aromatic carbocycles. The van der Waals surface area contributed by atoms with Crippen molar-refractivity contribution < 1.29 is 0 Å². The van der Waals surface area contributed by atoms with Gasteiger partial charge in [-0.25, -0.2) is 0 Å². The van der Waals surface area contributed by atoms with Gasteiger partial charge in [-0.2, -0.15) is 0 Å². The molecule has 27 heavy (non-hydrogen) atoms. The number of aromatic nitrogens is 1. The molecule has 2 heteroatoms. The van der Waals surface area contributed by atoms with E-state index in [0.29, 0.717) is 6.04 Å². The Morgan fingerprint density at radius 2 is 1.70 bits per heavy atom. The van der Waals surface area contributed by atoms with Crippen molar-refractivity contribution in [1.82, 2.24) is 9.47 Å². The molecule has 0 saturated carbocycles. The fourth-order valence-electron chi connectivity index (χ4n) is 4.34. The van der Waals surface area contributed by atoms with Gasteiger partial charge in [0.05, 0.1) is 6.04 Å². The molecule has 0 amide bonds. The summed E-state index contributed by atoms with van der Waals surface area (Å²) in [6, 6.07) is 20.9. The van der Waals surface area contributed by atoms with E-state index in [1.165, 1.54) is 39.9 Å². The van der Waals surface area contributed by atoms with Gasteiger partial charge in [0.15, 0.2) is 0 Å². The van der Waals surface area contributed by atoms with Crippen molar-refractivity contribution in [1.29, 1.82) is 0 Å². The average molecular weight is 359 g/mol. The highest BCUT2D eigenvalue weighted by Crippen LogP contribution is 2.35. The van der Waals surface area contributed by atoms with Crippen LogP contribution in [0.3, 0.4) is 0 Å². The summed E-state index contributed by atoms with van der Waals surface area (Å²) < 4.78 is 2.45. The Labute approximate surface area is 163 Å². The molecule has 4 rings (SSSR count). The zero-order valence-electron chi connectivity index (χ0n) is 16.8. The van der Waals surface area contributed by atoms with E-state index in [9.17, 15) is 0 Å². The Morgan fingerprint density at radius 1 is 0.926 bits per heavy atom. The second-order valence-electron chi connectivity index (χ2n) is 7.88. The maximum Gasteiger partial charge on any atom is 0.0761 e. The van der Waals surface area contributed by atoms with Crippen LogP contribution in [0.25, 0.3) is 0 Å². The topological polar surface area (TPSA) is 8.17 Å². The highest BCUT2D eigenvalue weighted by molar-refractivity contribution is 5.38. The van der Waals surface area contributed by atoms with Crippen LogP contribution >= 0.6 is 0 Å². The number of aryl methyl sites for hydroxylation is 4. The molecule has 1 aliphatic heterocycles. The predicted molar refractivity (Wildman–Crippen MR) is 113 cm³/mol. The summed E-state index contributed by atoms with van der Waals surface area (Å²) in [5, 5.41) is 0. The maximum absolute atomic E-state index is 2.67. The second kappa shape index (κ2) is 7.74. The molecule has 0 fully saturated rings. The fraction of sp³-hybridized carbons (Fsp3) is 0.360. The first-order valence-electron chi connectivity index (χ1n) is 10.2.